The van der Waals surface area contributed by atoms with Crippen LogP contribution < -0.4 is 16.0 Å². The largest absolute Gasteiger partial charge is 0.467 e. The topological polar surface area (TPSA) is 193 Å². The van der Waals surface area contributed by atoms with Gasteiger partial charge in [-0.15, -0.1) is 0 Å². The Bertz CT molecular complexity index is 1820. The highest BCUT2D eigenvalue weighted by atomic mass is 32.1. The van der Waals surface area contributed by atoms with E-state index in [1.807, 2.05) is 69.9 Å². The van der Waals surface area contributed by atoms with Gasteiger partial charge in [0.1, 0.15) is 17.6 Å². The Hall–Kier alpha value is -4.74. The zero-order chi connectivity index (χ0) is 48.6. The molecule has 3 rings (SSSR count). The van der Waals surface area contributed by atoms with Gasteiger partial charge in [0.25, 0.3) is 11.8 Å². The molecule has 2 heterocycles. The van der Waals surface area contributed by atoms with Crippen molar-refractivity contribution in [3.8, 4) is 0 Å². The molecule has 7 unspecified atom stereocenters. The third-order valence-corrected chi connectivity index (χ3v) is 13.3. The molecule has 2 aliphatic heterocycles. The molecule has 1 fully saturated rings. The van der Waals surface area contributed by atoms with Crippen LogP contribution in [-0.4, -0.2) is 144 Å². The molecule has 0 aromatic heterocycles. The average Bonchev–Trinajstić information content (AvgIpc) is 3.89. The maximum absolute atomic E-state index is 14.5. The minimum Gasteiger partial charge on any atom is -0.467 e. The van der Waals surface area contributed by atoms with Crippen molar-refractivity contribution < 1.29 is 47.8 Å². The van der Waals surface area contributed by atoms with Gasteiger partial charge in [-0.2, -0.15) is 0 Å². The molecular weight excluding hydrogens is 853 g/mol. The number of nitrogens with zero attached hydrogens (tertiary/aromatic N) is 3. The minimum atomic E-state index is -1.35. The summed E-state index contributed by atoms with van der Waals surface area (Å²) in [6.07, 6.45) is 5.56. The first-order valence-electron chi connectivity index (χ1n) is 22.9. The highest BCUT2D eigenvalue weighted by Crippen LogP contribution is 2.30. The average molecular weight is 927 g/mol. The second-order valence-corrected chi connectivity index (χ2v) is 18.6. The molecule has 6 amide bonds. The Kier molecular flexibility index (Phi) is 21.7. The smallest absolute Gasteiger partial charge is 0.328 e. The number of unbranched alkanes of at least 4 members (excludes halogenated alkanes) is 2. The number of benzene rings is 1. The molecule has 0 bridgehead atoms. The summed E-state index contributed by atoms with van der Waals surface area (Å²) in [5.74, 6) is -3.31. The van der Waals surface area contributed by atoms with Gasteiger partial charge in [0.05, 0.1) is 42.8 Å². The van der Waals surface area contributed by atoms with E-state index in [2.05, 4.69) is 16.0 Å². The van der Waals surface area contributed by atoms with Gasteiger partial charge in [0.2, 0.25) is 23.6 Å². The van der Waals surface area contributed by atoms with E-state index < -0.39 is 47.7 Å². The molecule has 0 saturated carbocycles. The highest BCUT2D eigenvalue weighted by Gasteiger charge is 2.43. The van der Waals surface area contributed by atoms with Crippen molar-refractivity contribution in [2.45, 2.75) is 148 Å². The number of likely N-dealkylation sites (N-methyl/N-ethyl adjacent to an activating group) is 1. The van der Waals surface area contributed by atoms with Gasteiger partial charge in [-0.25, -0.2) is 4.79 Å². The molecule has 0 spiro atoms. The quantitative estimate of drug-likeness (QED) is 0.0522. The highest BCUT2D eigenvalue weighted by molar-refractivity contribution is 7.80. The number of rotatable bonds is 26. The van der Waals surface area contributed by atoms with Gasteiger partial charge in [-0.3, -0.25) is 33.7 Å². The van der Waals surface area contributed by atoms with E-state index in [0.717, 1.165) is 16.9 Å². The minimum absolute atomic E-state index is 0.0158. The molecule has 362 valence electrons. The number of nitrogens with one attached hydrogen (secondary N) is 3. The van der Waals surface area contributed by atoms with E-state index in [1.165, 1.54) is 26.4 Å². The first kappa shape index (κ1) is 54.6. The zero-order valence-corrected chi connectivity index (χ0v) is 41.2. The molecule has 0 aliphatic carbocycles. The molecular formula is C48H74N6O10S. The van der Waals surface area contributed by atoms with Crippen molar-refractivity contribution in [1.82, 2.24) is 30.7 Å². The third kappa shape index (κ3) is 15.1. The van der Waals surface area contributed by atoms with Gasteiger partial charge in [-0.05, 0) is 56.9 Å². The van der Waals surface area contributed by atoms with E-state index in [1.54, 1.807) is 32.9 Å². The maximum atomic E-state index is 14.5. The molecule has 1 aromatic carbocycles. The standard InChI is InChI=1S/C48H74N6O10S/c1-12-31(4)42(52(8)45(59)41(30(2)3)50-47(61)48(6,7)51-37(55)23-17-14-18-26-54-38(56)24-25-39(54)57)36(62-9)29-40(58)53-27-19-22-35(53)43(63-10)32(5)44(65)49-34(46(60)64-11)28-33-20-15-13-16-21-33/h13,15-16,20-21,24-25,30-32,34-36,41-43H,12,14,17-19,22-23,26-29H2,1-11H3,(H,49,65)(H,50,61)(H,51,55)/t31?,32?,34?,35-,36?,41?,42?,43?/m0/s1. The number of methoxy groups -OCH3 is 3. The third-order valence-electron chi connectivity index (χ3n) is 12.8. The predicted octanol–water partition coefficient (Wildman–Crippen LogP) is 4.13. The normalized spacial score (nSPS) is 18.4. The predicted molar refractivity (Wildman–Crippen MR) is 251 cm³/mol. The molecule has 1 aromatic rings. The van der Waals surface area contributed by atoms with Gasteiger partial charge >= 0.3 is 5.97 Å². The van der Waals surface area contributed by atoms with Crippen LogP contribution in [0.4, 0.5) is 0 Å². The van der Waals surface area contributed by atoms with Crippen molar-refractivity contribution in [3.63, 3.8) is 0 Å². The molecule has 65 heavy (non-hydrogen) atoms. The molecule has 3 N–H and O–H groups in total. The Balaban J connectivity index is 1.68. The first-order chi connectivity index (χ1) is 30.7. The van der Waals surface area contributed by atoms with E-state index >= 15 is 0 Å². The molecule has 1 saturated heterocycles. The second-order valence-electron chi connectivity index (χ2n) is 18.2. The van der Waals surface area contributed by atoms with Gasteiger partial charge in [0, 0.05) is 65.3 Å². The van der Waals surface area contributed by atoms with Crippen LogP contribution in [0.5, 0.6) is 0 Å². The van der Waals surface area contributed by atoms with E-state index in [0.29, 0.717) is 50.1 Å². The molecule has 16 nitrogen and oxygen atoms in total. The summed E-state index contributed by atoms with van der Waals surface area (Å²) in [5.41, 5.74) is -0.407. The van der Waals surface area contributed by atoms with Crippen molar-refractivity contribution in [3.05, 3.63) is 48.0 Å². The van der Waals surface area contributed by atoms with Crippen LogP contribution in [0, 0.1) is 17.8 Å². The number of hydrogen-bond donors (Lipinski definition) is 3. The van der Waals surface area contributed by atoms with Gasteiger partial charge < -0.3 is 40.0 Å². The number of hydrogen-bond acceptors (Lipinski definition) is 11. The fourth-order valence-electron chi connectivity index (χ4n) is 8.70. The summed E-state index contributed by atoms with van der Waals surface area (Å²) in [7, 11) is 6.14. The summed E-state index contributed by atoms with van der Waals surface area (Å²) < 4.78 is 17.2. The number of likely N-dealkylation sites (tertiary alicyclic amines) is 1. The maximum Gasteiger partial charge on any atom is 0.328 e. The van der Waals surface area contributed by atoms with Gasteiger partial charge in [0.15, 0.2) is 0 Å². The Morgan fingerprint density at radius 1 is 0.923 bits per heavy atom. The van der Waals surface area contributed by atoms with E-state index in [-0.39, 0.29) is 72.7 Å². The van der Waals surface area contributed by atoms with Crippen molar-refractivity contribution in [2.24, 2.45) is 17.8 Å². The SMILES string of the molecule is CCC(C)C(C(CC(=O)N1CCC[C@H]1C(OC)C(C)C(=S)NC(Cc1ccccc1)C(=O)OC)OC)N(C)C(=O)C(NC(=O)C(C)(C)NC(=O)CCCCCN1C(=O)C=CC1=O)C(C)C. The van der Waals surface area contributed by atoms with E-state index in [9.17, 15) is 33.6 Å². The fraction of sp³-hybridized carbons (Fsp3) is 0.667. The number of carbonyl (C=O) groups is 7. The summed E-state index contributed by atoms with van der Waals surface area (Å²) in [5, 5.41) is 8.90. The number of carbonyl (C=O) groups excluding carboxylic acids is 7. The van der Waals surface area contributed by atoms with Crippen LogP contribution in [0.25, 0.3) is 0 Å². The lowest BCUT2D eigenvalue weighted by atomic mass is 9.89. The lowest BCUT2D eigenvalue weighted by Gasteiger charge is -2.41. The van der Waals surface area contributed by atoms with Crippen LogP contribution in [0.3, 0.4) is 0 Å². The fourth-order valence-corrected chi connectivity index (χ4v) is 8.98. The second kappa shape index (κ2) is 25.8. The lowest BCUT2D eigenvalue weighted by Crippen LogP contribution is -2.62. The Labute approximate surface area is 391 Å². The molecule has 0 radical (unpaired) electrons. The van der Waals surface area contributed by atoms with Crippen LogP contribution in [-0.2, 0) is 54.2 Å². The number of ether oxygens (including phenoxy) is 3. The van der Waals surface area contributed by atoms with Gasteiger partial charge in [-0.1, -0.05) is 90.0 Å². The monoisotopic (exact) mass is 927 g/mol. The number of amides is 6. The molecule has 2 aliphatic rings. The number of esters is 1. The summed E-state index contributed by atoms with van der Waals surface area (Å²) >= 11 is 5.86. The van der Waals surface area contributed by atoms with Crippen molar-refractivity contribution >= 4 is 58.6 Å². The van der Waals surface area contributed by atoms with E-state index in [4.69, 9.17) is 26.4 Å². The van der Waals surface area contributed by atoms with Crippen LogP contribution >= 0.6 is 12.2 Å². The summed E-state index contributed by atoms with van der Waals surface area (Å²) in [6, 6.07) is 7.06. The Morgan fingerprint density at radius 2 is 1.57 bits per heavy atom. The summed E-state index contributed by atoms with van der Waals surface area (Å²) in [6.45, 7) is 13.5. The summed E-state index contributed by atoms with van der Waals surface area (Å²) in [4.78, 5) is 96.9. The first-order valence-corrected chi connectivity index (χ1v) is 23.3. The lowest BCUT2D eigenvalue weighted by molar-refractivity contribution is -0.147. The molecule has 17 heteroatoms. The van der Waals surface area contributed by atoms with Crippen LogP contribution in [0.15, 0.2) is 42.5 Å². The Morgan fingerprint density at radius 3 is 2.14 bits per heavy atom. The van der Waals surface area contributed by atoms with Crippen molar-refractivity contribution in [2.75, 3.05) is 41.5 Å². The molecule has 8 atom stereocenters. The van der Waals surface area contributed by atoms with Crippen LogP contribution in [0.2, 0.25) is 0 Å². The zero-order valence-electron chi connectivity index (χ0n) is 40.3. The number of thiocarbonyl (C=S) groups is 1. The number of imide groups is 1. The van der Waals surface area contributed by atoms with Crippen molar-refractivity contribution in [1.29, 1.82) is 0 Å². The van der Waals surface area contributed by atoms with Crippen LogP contribution in [0.1, 0.15) is 105 Å².